The molecule has 0 aromatic heterocycles. The first-order valence-corrected chi connectivity index (χ1v) is 9.49. The molecular weight excluding hydrogens is 358 g/mol. The van der Waals surface area contributed by atoms with Gasteiger partial charge in [-0.2, -0.15) is 0 Å². The predicted molar refractivity (Wildman–Crippen MR) is 109 cm³/mol. The number of ether oxygens (including phenoxy) is 3. The van der Waals surface area contributed by atoms with Crippen LogP contribution in [0, 0.1) is 0 Å². The highest BCUT2D eigenvalue weighted by molar-refractivity contribution is 5.96. The molecule has 1 heterocycles. The molecule has 28 heavy (non-hydrogen) atoms. The van der Waals surface area contributed by atoms with Crippen molar-refractivity contribution in [2.75, 3.05) is 44.5 Å². The summed E-state index contributed by atoms with van der Waals surface area (Å²) in [6.07, 6.45) is 2.01. The highest BCUT2D eigenvalue weighted by atomic mass is 16.5. The second-order valence-electron chi connectivity index (χ2n) is 6.54. The molecule has 0 aliphatic carbocycles. The molecule has 150 valence electrons. The molecule has 0 fully saturated rings. The summed E-state index contributed by atoms with van der Waals surface area (Å²) in [5.74, 6) is 2.29. The number of anilines is 2. The number of hydrogen-bond donors (Lipinski definition) is 3. The molecule has 2 aromatic carbocycles. The summed E-state index contributed by atoms with van der Waals surface area (Å²) in [6, 6.07) is 11.1. The first kappa shape index (κ1) is 19.8. The molecule has 0 radical (unpaired) electrons. The van der Waals surface area contributed by atoms with Crippen LogP contribution < -0.4 is 30.6 Å². The monoisotopic (exact) mass is 385 g/mol. The quantitative estimate of drug-likeness (QED) is 0.430. The number of nitrogen functional groups attached to an aromatic ring is 1. The van der Waals surface area contributed by atoms with Crippen molar-refractivity contribution in [1.82, 2.24) is 5.32 Å². The van der Waals surface area contributed by atoms with Crippen LogP contribution in [0.25, 0.3) is 0 Å². The van der Waals surface area contributed by atoms with Crippen LogP contribution in [0.2, 0.25) is 0 Å². The van der Waals surface area contributed by atoms with Crippen LogP contribution in [-0.4, -0.2) is 39.3 Å². The lowest BCUT2D eigenvalue weighted by Crippen LogP contribution is -2.24. The van der Waals surface area contributed by atoms with Crippen molar-refractivity contribution in [2.45, 2.75) is 19.3 Å². The van der Waals surface area contributed by atoms with Gasteiger partial charge in [0.2, 0.25) is 5.91 Å². The number of rotatable bonds is 10. The van der Waals surface area contributed by atoms with E-state index in [2.05, 4.69) is 10.6 Å². The second kappa shape index (κ2) is 9.85. The molecule has 4 N–H and O–H groups in total. The zero-order valence-electron chi connectivity index (χ0n) is 16.1. The van der Waals surface area contributed by atoms with E-state index in [1.54, 1.807) is 7.11 Å². The van der Waals surface area contributed by atoms with Crippen molar-refractivity contribution in [3.8, 4) is 17.2 Å². The van der Waals surface area contributed by atoms with Crippen LogP contribution in [-0.2, 0) is 11.2 Å². The molecule has 1 aliphatic heterocycles. The van der Waals surface area contributed by atoms with Crippen LogP contribution in [0.4, 0.5) is 11.4 Å². The number of carbonyl (C=O) groups excluding carboxylic acids is 1. The number of carbonyl (C=O) groups is 1. The number of amides is 1. The molecule has 0 saturated carbocycles. The fourth-order valence-electron chi connectivity index (χ4n) is 3.05. The van der Waals surface area contributed by atoms with Gasteiger partial charge in [-0.3, -0.25) is 4.79 Å². The second-order valence-corrected chi connectivity index (χ2v) is 6.54. The Bertz CT molecular complexity index is 793. The van der Waals surface area contributed by atoms with E-state index in [1.165, 1.54) is 0 Å². The number of nitrogens with one attached hydrogen (secondary N) is 2. The molecule has 0 unspecified atom stereocenters. The fourth-order valence-corrected chi connectivity index (χ4v) is 3.05. The third-order valence-electron chi connectivity index (χ3n) is 4.50. The topological polar surface area (TPSA) is 94.8 Å². The zero-order chi connectivity index (χ0) is 19.8. The Morgan fingerprint density at radius 3 is 2.57 bits per heavy atom. The van der Waals surface area contributed by atoms with E-state index in [0.717, 1.165) is 47.9 Å². The van der Waals surface area contributed by atoms with E-state index >= 15 is 0 Å². The highest BCUT2D eigenvalue weighted by Crippen LogP contribution is 2.38. The average molecular weight is 385 g/mol. The number of fused-ring (bicyclic) bond motifs is 1. The van der Waals surface area contributed by atoms with E-state index < -0.39 is 0 Å². The Morgan fingerprint density at radius 2 is 1.79 bits per heavy atom. The van der Waals surface area contributed by atoms with Gasteiger partial charge in [0.25, 0.3) is 0 Å². The molecule has 0 saturated heterocycles. The van der Waals surface area contributed by atoms with Crippen molar-refractivity contribution < 1.29 is 19.0 Å². The molecule has 1 amide bonds. The van der Waals surface area contributed by atoms with Gasteiger partial charge >= 0.3 is 0 Å². The standard InChI is InChI=1S/C21H27N3O4/c1-26-19-9-8-18(17-7-10-20(25)24-21(17)19)28-14-12-23-11-2-13-27-16-5-3-15(22)4-6-16/h3-6,8-9,23H,2,7,10-14,22H2,1H3,(H,24,25). The van der Waals surface area contributed by atoms with E-state index in [0.29, 0.717) is 31.8 Å². The van der Waals surface area contributed by atoms with Gasteiger partial charge < -0.3 is 30.6 Å². The highest BCUT2D eigenvalue weighted by Gasteiger charge is 2.22. The average Bonchev–Trinajstić information content (AvgIpc) is 2.71. The molecule has 0 atom stereocenters. The van der Waals surface area contributed by atoms with Gasteiger partial charge in [0.05, 0.1) is 19.4 Å². The Labute approximate surface area is 165 Å². The van der Waals surface area contributed by atoms with E-state index in [-0.39, 0.29) is 5.91 Å². The maximum Gasteiger partial charge on any atom is 0.224 e. The SMILES string of the molecule is COc1ccc(OCCNCCCOc2ccc(N)cc2)c2c1NC(=O)CC2. The minimum Gasteiger partial charge on any atom is -0.495 e. The maximum absolute atomic E-state index is 11.7. The summed E-state index contributed by atoms with van der Waals surface area (Å²) in [7, 11) is 1.60. The number of benzene rings is 2. The predicted octanol–water partition coefficient (Wildman–Crippen LogP) is 2.60. The summed E-state index contributed by atoms with van der Waals surface area (Å²) in [5.41, 5.74) is 8.10. The molecular formula is C21H27N3O4. The lowest BCUT2D eigenvalue weighted by Gasteiger charge is -2.22. The minimum atomic E-state index is 0.00538. The third kappa shape index (κ3) is 5.29. The summed E-state index contributed by atoms with van der Waals surface area (Å²) in [6.45, 7) is 2.76. The summed E-state index contributed by atoms with van der Waals surface area (Å²) in [4.78, 5) is 11.7. The van der Waals surface area contributed by atoms with E-state index in [4.69, 9.17) is 19.9 Å². The van der Waals surface area contributed by atoms with Gasteiger partial charge in [0, 0.05) is 24.2 Å². The lowest BCUT2D eigenvalue weighted by molar-refractivity contribution is -0.116. The van der Waals surface area contributed by atoms with Crippen LogP contribution in [0.5, 0.6) is 17.2 Å². The van der Waals surface area contributed by atoms with Gasteiger partial charge in [0.1, 0.15) is 23.9 Å². The largest absolute Gasteiger partial charge is 0.495 e. The number of nitrogens with two attached hydrogens (primary N) is 1. The first-order valence-electron chi connectivity index (χ1n) is 9.49. The van der Waals surface area contributed by atoms with Crippen LogP contribution in [0.15, 0.2) is 36.4 Å². The fraction of sp³-hybridized carbons (Fsp3) is 0.381. The van der Waals surface area contributed by atoms with Crippen LogP contribution in [0.3, 0.4) is 0 Å². The zero-order valence-corrected chi connectivity index (χ0v) is 16.1. The maximum atomic E-state index is 11.7. The molecule has 2 aromatic rings. The van der Waals surface area contributed by atoms with Gasteiger partial charge in [-0.15, -0.1) is 0 Å². The molecule has 7 nitrogen and oxygen atoms in total. The van der Waals surface area contributed by atoms with Gasteiger partial charge in [-0.1, -0.05) is 0 Å². The molecule has 0 spiro atoms. The number of hydrogen-bond acceptors (Lipinski definition) is 6. The third-order valence-corrected chi connectivity index (χ3v) is 4.50. The Morgan fingerprint density at radius 1 is 1.00 bits per heavy atom. The molecule has 7 heteroatoms. The normalized spacial score (nSPS) is 12.8. The number of methoxy groups -OCH3 is 1. The van der Waals surface area contributed by atoms with Crippen LogP contribution in [0.1, 0.15) is 18.4 Å². The van der Waals surface area contributed by atoms with E-state index in [9.17, 15) is 4.79 Å². The molecule has 1 aliphatic rings. The van der Waals surface area contributed by atoms with Crippen LogP contribution >= 0.6 is 0 Å². The first-order chi connectivity index (χ1) is 13.7. The molecule has 3 rings (SSSR count). The summed E-state index contributed by atoms with van der Waals surface area (Å²) in [5, 5.41) is 6.22. The van der Waals surface area contributed by atoms with E-state index in [1.807, 2.05) is 36.4 Å². The van der Waals surface area contributed by atoms with Crippen molar-refractivity contribution in [1.29, 1.82) is 0 Å². The molecule has 0 bridgehead atoms. The van der Waals surface area contributed by atoms with Gasteiger partial charge in [-0.25, -0.2) is 0 Å². The smallest absolute Gasteiger partial charge is 0.224 e. The minimum absolute atomic E-state index is 0.00538. The van der Waals surface area contributed by atoms with Crippen molar-refractivity contribution in [3.63, 3.8) is 0 Å². The van der Waals surface area contributed by atoms with Crippen molar-refractivity contribution in [2.24, 2.45) is 0 Å². The van der Waals surface area contributed by atoms with Crippen molar-refractivity contribution in [3.05, 3.63) is 42.0 Å². The lowest BCUT2D eigenvalue weighted by atomic mass is 10.0. The summed E-state index contributed by atoms with van der Waals surface area (Å²) < 4.78 is 16.9. The summed E-state index contributed by atoms with van der Waals surface area (Å²) >= 11 is 0. The van der Waals surface area contributed by atoms with Gasteiger partial charge in [-0.05, 0) is 55.8 Å². The van der Waals surface area contributed by atoms with Crippen molar-refractivity contribution >= 4 is 17.3 Å². The van der Waals surface area contributed by atoms with Gasteiger partial charge in [0.15, 0.2) is 0 Å². The Balaban J connectivity index is 1.36. The Hall–Kier alpha value is -2.93. The Kier molecular flexibility index (Phi) is 6.97.